The van der Waals surface area contributed by atoms with Gasteiger partial charge in [0.25, 0.3) is 5.91 Å². The highest BCUT2D eigenvalue weighted by Gasteiger charge is 2.22. The minimum absolute atomic E-state index is 0.103. The number of carboxylic acid groups (broad SMARTS) is 1. The van der Waals surface area contributed by atoms with Crippen molar-refractivity contribution in [3.63, 3.8) is 0 Å². The summed E-state index contributed by atoms with van der Waals surface area (Å²) in [5.74, 6) is -1.54. The van der Waals surface area contributed by atoms with Gasteiger partial charge < -0.3 is 14.6 Å². The zero-order chi connectivity index (χ0) is 14.4. The Morgan fingerprint density at radius 3 is 2.63 bits per heavy atom. The van der Waals surface area contributed by atoms with Crippen LogP contribution in [-0.4, -0.2) is 39.5 Å². The highest BCUT2D eigenvalue weighted by atomic mass is 16.4. The number of carboxylic acids is 1. The molecule has 1 atom stereocenters. The molecule has 0 aliphatic rings. The highest BCUT2D eigenvalue weighted by molar-refractivity contribution is 5.93. The van der Waals surface area contributed by atoms with E-state index < -0.39 is 11.9 Å². The lowest BCUT2D eigenvalue weighted by atomic mass is 10.1. The van der Waals surface area contributed by atoms with Gasteiger partial charge in [-0.3, -0.25) is 9.59 Å². The summed E-state index contributed by atoms with van der Waals surface area (Å²) in [6.45, 7) is 7.07. The lowest BCUT2D eigenvalue weighted by Gasteiger charge is -2.23. The van der Waals surface area contributed by atoms with Crippen molar-refractivity contribution in [3.8, 4) is 0 Å². The SMILES string of the molecule is CCCn1cccc1C(=O)N(CC)CC(C)C(=O)O. The molecule has 1 amide bonds. The maximum Gasteiger partial charge on any atom is 0.308 e. The van der Waals surface area contributed by atoms with Crippen molar-refractivity contribution in [2.45, 2.75) is 33.7 Å². The van der Waals surface area contributed by atoms with Gasteiger partial charge in [0.2, 0.25) is 0 Å². The van der Waals surface area contributed by atoms with E-state index in [0.717, 1.165) is 13.0 Å². The van der Waals surface area contributed by atoms with Gasteiger partial charge in [0.1, 0.15) is 5.69 Å². The molecule has 0 bridgehead atoms. The molecule has 0 aromatic carbocycles. The van der Waals surface area contributed by atoms with Crippen molar-refractivity contribution in [3.05, 3.63) is 24.0 Å². The average Bonchev–Trinajstić information content (AvgIpc) is 2.83. The van der Waals surface area contributed by atoms with E-state index in [9.17, 15) is 9.59 Å². The standard InChI is InChI=1S/C14H22N2O3/c1-4-8-16-9-6-7-12(16)13(17)15(5-2)10-11(3)14(18)19/h6-7,9,11H,4-5,8,10H2,1-3H3,(H,18,19). The molecule has 0 spiro atoms. The molecule has 1 aromatic heterocycles. The van der Waals surface area contributed by atoms with Crippen LogP contribution in [0.15, 0.2) is 18.3 Å². The van der Waals surface area contributed by atoms with E-state index >= 15 is 0 Å². The van der Waals surface area contributed by atoms with Crippen LogP contribution in [0.5, 0.6) is 0 Å². The largest absolute Gasteiger partial charge is 0.481 e. The third kappa shape index (κ3) is 3.84. The van der Waals surface area contributed by atoms with Crippen LogP contribution in [0.1, 0.15) is 37.7 Å². The summed E-state index contributed by atoms with van der Waals surface area (Å²) >= 11 is 0. The Balaban J connectivity index is 2.83. The Labute approximate surface area is 113 Å². The van der Waals surface area contributed by atoms with E-state index in [1.165, 1.54) is 0 Å². The third-order valence-corrected chi connectivity index (χ3v) is 3.10. The second-order valence-electron chi connectivity index (χ2n) is 4.67. The number of aliphatic carboxylic acids is 1. The van der Waals surface area contributed by atoms with Crippen LogP contribution in [0.25, 0.3) is 0 Å². The van der Waals surface area contributed by atoms with Gasteiger partial charge in [-0.2, -0.15) is 0 Å². The van der Waals surface area contributed by atoms with Crippen molar-refractivity contribution in [1.29, 1.82) is 0 Å². The first-order chi connectivity index (χ1) is 9.01. The van der Waals surface area contributed by atoms with Crippen LogP contribution in [0, 0.1) is 5.92 Å². The molecule has 1 N–H and O–H groups in total. The molecule has 0 radical (unpaired) electrons. The summed E-state index contributed by atoms with van der Waals surface area (Å²) in [7, 11) is 0. The first-order valence-corrected chi connectivity index (χ1v) is 6.68. The normalized spacial score (nSPS) is 12.2. The van der Waals surface area contributed by atoms with Crippen LogP contribution < -0.4 is 0 Å². The van der Waals surface area contributed by atoms with Crippen molar-refractivity contribution >= 4 is 11.9 Å². The molecule has 0 saturated heterocycles. The quantitative estimate of drug-likeness (QED) is 0.822. The molecule has 0 aliphatic heterocycles. The number of nitrogens with zero attached hydrogens (tertiary/aromatic N) is 2. The Morgan fingerprint density at radius 2 is 2.11 bits per heavy atom. The zero-order valence-corrected chi connectivity index (χ0v) is 11.8. The minimum atomic E-state index is -0.879. The molecule has 0 saturated carbocycles. The summed E-state index contributed by atoms with van der Waals surface area (Å²) in [5, 5.41) is 8.93. The molecule has 0 fully saturated rings. The summed E-state index contributed by atoms with van der Waals surface area (Å²) in [6.07, 6.45) is 2.83. The van der Waals surface area contributed by atoms with Crippen LogP contribution in [-0.2, 0) is 11.3 Å². The van der Waals surface area contributed by atoms with Gasteiger partial charge in [0.15, 0.2) is 0 Å². The first-order valence-electron chi connectivity index (χ1n) is 6.68. The molecule has 1 aromatic rings. The molecule has 19 heavy (non-hydrogen) atoms. The second-order valence-corrected chi connectivity index (χ2v) is 4.67. The lowest BCUT2D eigenvalue weighted by molar-refractivity contribution is -0.141. The fourth-order valence-corrected chi connectivity index (χ4v) is 1.97. The Morgan fingerprint density at radius 1 is 1.42 bits per heavy atom. The van der Waals surface area contributed by atoms with Crippen molar-refractivity contribution in [2.75, 3.05) is 13.1 Å². The van der Waals surface area contributed by atoms with E-state index in [0.29, 0.717) is 12.2 Å². The Hall–Kier alpha value is -1.78. The van der Waals surface area contributed by atoms with Crippen molar-refractivity contribution in [1.82, 2.24) is 9.47 Å². The summed E-state index contributed by atoms with van der Waals surface area (Å²) in [4.78, 5) is 24.9. The predicted octanol–water partition coefficient (Wildman–Crippen LogP) is 2.08. The van der Waals surface area contributed by atoms with Gasteiger partial charge in [0.05, 0.1) is 5.92 Å². The molecule has 1 heterocycles. The number of aromatic nitrogens is 1. The van der Waals surface area contributed by atoms with Gasteiger partial charge >= 0.3 is 5.97 Å². The fourth-order valence-electron chi connectivity index (χ4n) is 1.97. The summed E-state index contributed by atoms with van der Waals surface area (Å²) in [6, 6.07) is 3.63. The van der Waals surface area contributed by atoms with E-state index in [4.69, 9.17) is 5.11 Å². The lowest BCUT2D eigenvalue weighted by Crippen LogP contribution is -2.37. The number of rotatable bonds is 7. The average molecular weight is 266 g/mol. The van der Waals surface area contributed by atoms with E-state index in [1.54, 1.807) is 17.9 Å². The zero-order valence-electron chi connectivity index (χ0n) is 11.8. The van der Waals surface area contributed by atoms with E-state index in [2.05, 4.69) is 6.92 Å². The molecular weight excluding hydrogens is 244 g/mol. The number of hydrogen-bond acceptors (Lipinski definition) is 2. The molecule has 5 nitrogen and oxygen atoms in total. The van der Waals surface area contributed by atoms with Gasteiger partial charge in [0, 0.05) is 25.8 Å². The Bertz CT molecular complexity index is 440. The minimum Gasteiger partial charge on any atom is -0.481 e. The molecular formula is C14H22N2O3. The van der Waals surface area contributed by atoms with Gasteiger partial charge in [-0.25, -0.2) is 0 Å². The maximum atomic E-state index is 12.4. The smallest absolute Gasteiger partial charge is 0.308 e. The molecule has 1 unspecified atom stereocenters. The number of carbonyl (C=O) groups is 2. The predicted molar refractivity (Wildman–Crippen MR) is 73.1 cm³/mol. The van der Waals surface area contributed by atoms with Gasteiger partial charge in [-0.15, -0.1) is 0 Å². The fraction of sp³-hybridized carbons (Fsp3) is 0.571. The second kappa shape index (κ2) is 6.97. The van der Waals surface area contributed by atoms with Gasteiger partial charge in [-0.1, -0.05) is 13.8 Å². The maximum absolute atomic E-state index is 12.4. The summed E-state index contributed by atoms with van der Waals surface area (Å²) < 4.78 is 1.91. The number of carbonyl (C=O) groups excluding carboxylic acids is 1. The van der Waals surface area contributed by atoms with E-state index in [1.807, 2.05) is 23.8 Å². The van der Waals surface area contributed by atoms with Crippen molar-refractivity contribution < 1.29 is 14.7 Å². The van der Waals surface area contributed by atoms with Crippen molar-refractivity contribution in [2.24, 2.45) is 5.92 Å². The number of amides is 1. The molecule has 106 valence electrons. The number of hydrogen-bond donors (Lipinski definition) is 1. The first kappa shape index (κ1) is 15.3. The Kier molecular flexibility index (Phi) is 5.60. The summed E-state index contributed by atoms with van der Waals surface area (Å²) in [5.41, 5.74) is 0.626. The molecule has 1 rings (SSSR count). The van der Waals surface area contributed by atoms with Crippen LogP contribution >= 0.6 is 0 Å². The van der Waals surface area contributed by atoms with Gasteiger partial charge in [-0.05, 0) is 25.5 Å². The number of aryl methyl sites for hydroxylation is 1. The monoisotopic (exact) mass is 266 g/mol. The molecule has 5 heteroatoms. The van der Waals surface area contributed by atoms with Crippen LogP contribution in [0.3, 0.4) is 0 Å². The topological polar surface area (TPSA) is 62.5 Å². The van der Waals surface area contributed by atoms with Crippen LogP contribution in [0.2, 0.25) is 0 Å². The molecule has 0 aliphatic carbocycles. The van der Waals surface area contributed by atoms with Crippen LogP contribution in [0.4, 0.5) is 0 Å². The highest BCUT2D eigenvalue weighted by Crippen LogP contribution is 2.10. The third-order valence-electron chi connectivity index (χ3n) is 3.10. The van der Waals surface area contributed by atoms with E-state index in [-0.39, 0.29) is 12.5 Å².